The maximum atomic E-state index is 12.3. The highest BCUT2D eigenvalue weighted by Gasteiger charge is 2.35. The van der Waals surface area contributed by atoms with Gasteiger partial charge in [-0.3, -0.25) is 4.79 Å². The van der Waals surface area contributed by atoms with Gasteiger partial charge in [0.05, 0.1) is 5.92 Å². The Morgan fingerprint density at radius 2 is 2.18 bits per heavy atom. The second kappa shape index (κ2) is 3.84. The van der Waals surface area contributed by atoms with E-state index in [0.29, 0.717) is 0 Å². The van der Waals surface area contributed by atoms with Crippen molar-refractivity contribution in [3.8, 4) is 0 Å². The molecule has 0 spiro atoms. The summed E-state index contributed by atoms with van der Waals surface area (Å²) in [6.45, 7) is 4.89. The molecule has 0 N–H and O–H groups in total. The second-order valence-electron chi connectivity index (χ2n) is 4.41. The van der Waals surface area contributed by atoms with Gasteiger partial charge < -0.3 is 4.90 Å². The zero-order valence-corrected chi connectivity index (χ0v) is 10.9. The molecule has 3 rings (SSSR count). The highest BCUT2D eigenvalue weighted by molar-refractivity contribution is 7.17. The van der Waals surface area contributed by atoms with E-state index in [1.165, 1.54) is 15.6 Å². The van der Waals surface area contributed by atoms with Gasteiger partial charge in [0.25, 0.3) is 0 Å². The Morgan fingerprint density at radius 1 is 1.35 bits per heavy atom. The largest absolute Gasteiger partial charge is 0.312 e. The molecule has 2 heterocycles. The van der Waals surface area contributed by atoms with Crippen LogP contribution in [-0.2, 0) is 4.79 Å². The summed E-state index contributed by atoms with van der Waals surface area (Å²) in [6.07, 6.45) is 0.888. The number of nitrogens with zero attached hydrogens (tertiary/aromatic N) is 1. The van der Waals surface area contributed by atoms with Crippen molar-refractivity contribution in [2.45, 2.75) is 26.2 Å². The standard InChI is InChI=1S/C14H15NOS/c1-3-10-11-8-13-9(5-6-17-13)7-12(11)15(4-2)14(10)16/h5-8,10H,3-4H2,1-2H3. The van der Waals surface area contributed by atoms with Gasteiger partial charge in [-0.15, -0.1) is 11.3 Å². The van der Waals surface area contributed by atoms with Gasteiger partial charge in [-0.1, -0.05) is 6.92 Å². The van der Waals surface area contributed by atoms with Crippen molar-refractivity contribution in [2.75, 3.05) is 11.4 Å². The summed E-state index contributed by atoms with van der Waals surface area (Å²) in [7, 11) is 0. The molecule has 0 saturated carbocycles. The summed E-state index contributed by atoms with van der Waals surface area (Å²) in [5.41, 5.74) is 2.34. The van der Waals surface area contributed by atoms with Gasteiger partial charge in [0, 0.05) is 16.9 Å². The van der Waals surface area contributed by atoms with Crippen molar-refractivity contribution >= 4 is 33.0 Å². The molecule has 1 unspecified atom stereocenters. The average molecular weight is 245 g/mol. The number of hydrogen-bond acceptors (Lipinski definition) is 2. The molecular weight excluding hydrogens is 230 g/mol. The lowest BCUT2D eigenvalue weighted by molar-refractivity contribution is -0.119. The van der Waals surface area contributed by atoms with Crippen LogP contribution < -0.4 is 4.90 Å². The highest BCUT2D eigenvalue weighted by atomic mass is 32.1. The van der Waals surface area contributed by atoms with E-state index in [9.17, 15) is 4.79 Å². The van der Waals surface area contributed by atoms with Crippen molar-refractivity contribution in [3.63, 3.8) is 0 Å². The maximum absolute atomic E-state index is 12.3. The molecule has 1 aromatic carbocycles. The SMILES string of the molecule is CCC1C(=O)N(CC)c2cc3ccsc3cc21. The summed E-state index contributed by atoms with van der Waals surface area (Å²) < 4.78 is 1.29. The molecule has 2 nitrogen and oxygen atoms in total. The van der Waals surface area contributed by atoms with Crippen LogP contribution in [0, 0.1) is 0 Å². The van der Waals surface area contributed by atoms with Crippen molar-refractivity contribution in [1.82, 2.24) is 0 Å². The van der Waals surface area contributed by atoms with Gasteiger partial charge in [-0.2, -0.15) is 0 Å². The van der Waals surface area contributed by atoms with Crippen molar-refractivity contribution in [2.24, 2.45) is 0 Å². The van der Waals surface area contributed by atoms with Crippen LogP contribution in [0.3, 0.4) is 0 Å². The molecule has 1 amide bonds. The van der Waals surface area contributed by atoms with E-state index in [1.807, 2.05) is 11.8 Å². The van der Waals surface area contributed by atoms with Crippen LogP contribution >= 0.6 is 11.3 Å². The molecule has 1 aliphatic heterocycles. The molecule has 1 aliphatic rings. The normalized spacial score (nSPS) is 19.1. The molecule has 1 aromatic heterocycles. The average Bonchev–Trinajstić information content (AvgIpc) is 2.87. The van der Waals surface area contributed by atoms with Crippen LogP contribution in [0.5, 0.6) is 0 Å². The fourth-order valence-electron chi connectivity index (χ4n) is 2.69. The smallest absolute Gasteiger partial charge is 0.234 e. The van der Waals surface area contributed by atoms with E-state index < -0.39 is 0 Å². The van der Waals surface area contributed by atoms with Gasteiger partial charge in [-0.05, 0) is 47.9 Å². The number of hydrogen-bond donors (Lipinski definition) is 0. The number of rotatable bonds is 2. The second-order valence-corrected chi connectivity index (χ2v) is 5.36. The number of carbonyl (C=O) groups excluding carboxylic acids is 1. The molecule has 0 aliphatic carbocycles. The molecule has 0 saturated heterocycles. The molecule has 17 heavy (non-hydrogen) atoms. The Kier molecular flexibility index (Phi) is 2.44. The first kappa shape index (κ1) is 10.8. The number of anilines is 1. The Hall–Kier alpha value is -1.35. The summed E-state index contributed by atoms with van der Waals surface area (Å²) >= 11 is 1.75. The zero-order chi connectivity index (χ0) is 12.0. The Bertz CT molecular complexity index is 539. The van der Waals surface area contributed by atoms with Crippen LogP contribution in [0.15, 0.2) is 23.6 Å². The number of likely N-dealkylation sites (N-methyl/N-ethyl adjacent to an activating group) is 1. The summed E-state index contributed by atoms with van der Waals surface area (Å²) in [6, 6.07) is 6.49. The molecule has 0 fully saturated rings. The van der Waals surface area contributed by atoms with E-state index in [4.69, 9.17) is 0 Å². The van der Waals surface area contributed by atoms with Crippen LogP contribution in [0.25, 0.3) is 10.1 Å². The van der Waals surface area contributed by atoms with Gasteiger partial charge >= 0.3 is 0 Å². The van der Waals surface area contributed by atoms with E-state index in [0.717, 1.165) is 18.7 Å². The monoisotopic (exact) mass is 245 g/mol. The fraction of sp³-hybridized carbons (Fsp3) is 0.357. The number of amides is 1. The summed E-state index contributed by atoms with van der Waals surface area (Å²) in [5.74, 6) is 0.333. The number of fused-ring (bicyclic) bond motifs is 2. The topological polar surface area (TPSA) is 20.3 Å². The van der Waals surface area contributed by atoms with E-state index >= 15 is 0 Å². The highest BCUT2D eigenvalue weighted by Crippen LogP contribution is 2.42. The third kappa shape index (κ3) is 1.42. The first-order valence-corrected chi connectivity index (χ1v) is 6.96. The van der Waals surface area contributed by atoms with Crippen molar-refractivity contribution < 1.29 is 4.79 Å². The van der Waals surface area contributed by atoms with E-state index in [-0.39, 0.29) is 11.8 Å². The summed E-state index contributed by atoms with van der Waals surface area (Å²) in [5, 5.41) is 3.36. The Morgan fingerprint density at radius 3 is 2.88 bits per heavy atom. The number of carbonyl (C=O) groups is 1. The summed E-state index contributed by atoms with van der Waals surface area (Å²) in [4.78, 5) is 14.2. The molecule has 3 heteroatoms. The first-order valence-electron chi connectivity index (χ1n) is 6.08. The molecule has 88 valence electrons. The fourth-order valence-corrected chi connectivity index (χ4v) is 3.51. The lowest BCUT2D eigenvalue weighted by Gasteiger charge is -2.14. The minimum absolute atomic E-state index is 0.0662. The van der Waals surface area contributed by atoms with Crippen LogP contribution in [0.1, 0.15) is 31.7 Å². The molecule has 0 radical (unpaired) electrons. The number of benzene rings is 1. The Labute approximate surface area is 105 Å². The lowest BCUT2D eigenvalue weighted by atomic mass is 9.98. The quantitative estimate of drug-likeness (QED) is 0.789. The van der Waals surface area contributed by atoms with Crippen LogP contribution in [-0.4, -0.2) is 12.5 Å². The van der Waals surface area contributed by atoms with E-state index in [2.05, 4.69) is 30.5 Å². The van der Waals surface area contributed by atoms with Gasteiger partial charge in [0.2, 0.25) is 5.91 Å². The van der Waals surface area contributed by atoms with Crippen LogP contribution in [0.2, 0.25) is 0 Å². The minimum atomic E-state index is 0.0662. The lowest BCUT2D eigenvalue weighted by Crippen LogP contribution is -2.28. The third-order valence-electron chi connectivity index (χ3n) is 3.56. The number of thiophene rings is 1. The van der Waals surface area contributed by atoms with Gasteiger partial charge in [0.1, 0.15) is 0 Å². The Balaban J connectivity index is 2.25. The third-order valence-corrected chi connectivity index (χ3v) is 4.44. The molecular formula is C14H15NOS. The van der Waals surface area contributed by atoms with Crippen molar-refractivity contribution in [3.05, 3.63) is 29.1 Å². The van der Waals surface area contributed by atoms with Crippen LogP contribution in [0.4, 0.5) is 5.69 Å². The van der Waals surface area contributed by atoms with Gasteiger partial charge in [-0.25, -0.2) is 0 Å². The van der Waals surface area contributed by atoms with E-state index in [1.54, 1.807) is 11.3 Å². The maximum Gasteiger partial charge on any atom is 0.234 e. The minimum Gasteiger partial charge on any atom is -0.312 e. The van der Waals surface area contributed by atoms with Gasteiger partial charge in [0.15, 0.2) is 0 Å². The predicted molar refractivity (Wildman–Crippen MR) is 72.9 cm³/mol. The predicted octanol–water partition coefficient (Wildman–Crippen LogP) is 3.76. The van der Waals surface area contributed by atoms with Crippen molar-refractivity contribution in [1.29, 1.82) is 0 Å². The first-order chi connectivity index (χ1) is 8.26. The zero-order valence-electron chi connectivity index (χ0n) is 10.1. The molecule has 1 atom stereocenters. The molecule has 2 aromatic rings. The molecule has 0 bridgehead atoms.